The van der Waals surface area contributed by atoms with E-state index in [0.717, 1.165) is 24.2 Å². The molecule has 1 rings (SSSR count). The fourth-order valence-corrected chi connectivity index (χ4v) is 1.21. The molecule has 1 unspecified atom stereocenters. The van der Waals surface area contributed by atoms with Crippen molar-refractivity contribution in [3.05, 3.63) is 18.2 Å². The van der Waals surface area contributed by atoms with Crippen LogP contribution in [0.4, 0.5) is 4.39 Å². The standard InChI is InChI=1S/C7H7FN2O2S/c1-4(6(11)12)13-7-9-2-5(8)3-10-7/h2-4H,1H3,(H,11,12). The van der Waals surface area contributed by atoms with E-state index in [4.69, 9.17) is 5.11 Å². The summed E-state index contributed by atoms with van der Waals surface area (Å²) in [6.07, 6.45) is 2.01. The summed E-state index contributed by atoms with van der Waals surface area (Å²) in [6.45, 7) is 1.51. The van der Waals surface area contributed by atoms with Gasteiger partial charge >= 0.3 is 5.97 Å². The van der Waals surface area contributed by atoms with Crippen LogP contribution in [0.25, 0.3) is 0 Å². The van der Waals surface area contributed by atoms with Gasteiger partial charge in [0.1, 0.15) is 5.25 Å². The van der Waals surface area contributed by atoms with Crippen LogP contribution in [0.2, 0.25) is 0 Å². The number of carboxylic acid groups (broad SMARTS) is 1. The van der Waals surface area contributed by atoms with Gasteiger partial charge in [-0.05, 0) is 6.92 Å². The molecule has 0 saturated heterocycles. The highest BCUT2D eigenvalue weighted by Gasteiger charge is 2.13. The van der Waals surface area contributed by atoms with Gasteiger partial charge in [0.2, 0.25) is 0 Å². The summed E-state index contributed by atoms with van der Waals surface area (Å²) in [4.78, 5) is 17.6. The van der Waals surface area contributed by atoms with Gasteiger partial charge in [0, 0.05) is 0 Å². The van der Waals surface area contributed by atoms with Crippen molar-refractivity contribution in [3.63, 3.8) is 0 Å². The molecule has 0 saturated carbocycles. The van der Waals surface area contributed by atoms with Crippen LogP contribution >= 0.6 is 11.8 Å². The van der Waals surface area contributed by atoms with Gasteiger partial charge in [-0.25, -0.2) is 14.4 Å². The second-order valence-electron chi connectivity index (χ2n) is 2.28. The lowest BCUT2D eigenvalue weighted by molar-refractivity contribution is -0.136. The molecule has 70 valence electrons. The van der Waals surface area contributed by atoms with Gasteiger partial charge in [-0.15, -0.1) is 0 Å². The van der Waals surface area contributed by atoms with Crippen molar-refractivity contribution >= 4 is 17.7 Å². The van der Waals surface area contributed by atoms with Gasteiger partial charge in [0.15, 0.2) is 11.0 Å². The predicted octanol–water partition coefficient (Wildman–Crippen LogP) is 1.18. The van der Waals surface area contributed by atoms with Crippen molar-refractivity contribution in [1.29, 1.82) is 0 Å². The van der Waals surface area contributed by atoms with Crippen LogP contribution in [-0.4, -0.2) is 26.3 Å². The van der Waals surface area contributed by atoms with E-state index < -0.39 is 17.0 Å². The summed E-state index contributed by atoms with van der Waals surface area (Å²) in [5.41, 5.74) is 0. The lowest BCUT2D eigenvalue weighted by Crippen LogP contribution is -2.11. The smallest absolute Gasteiger partial charge is 0.316 e. The molecule has 0 aliphatic heterocycles. The molecule has 0 aliphatic carbocycles. The Kier molecular flexibility index (Phi) is 3.18. The van der Waals surface area contributed by atoms with Crippen molar-refractivity contribution in [3.8, 4) is 0 Å². The van der Waals surface area contributed by atoms with E-state index in [1.807, 2.05) is 0 Å². The molecule has 0 amide bonds. The summed E-state index contributed by atoms with van der Waals surface area (Å²) in [6, 6.07) is 0. The number of nitrogens with zero attached hydrogens (tertiary/aromatic N) is 2. The van der Waals surface area contributed by atoms with Crippen LogP contribution in [0, 0.1) is 5.82 Å². The second kappa shape index (κ2) is 4.18. The zero-order valence-electron chi connectivity index (χ0n) is 6.77. The molecule has 4 nitrogen and oxygen atoms in total. The van der Waals surface area contributed by atoms with Crippen LogP contribution in [0.15, 0.2) is 17.6 Å². The van der Waals surface area contributed by atoms with Gasteiger partial charge < -0.3 is 5.11 Å². The van der Waals surface area contributed by atoms with Crippen LogP contribution < -0.4 is 0 Å². The Morgan fingerprint density at radius 3 is 2.62 bits per heavy atom. The van der Waals surface area contributed by atoms with Crippen molar-refractivity contribution in [2.75, 3.05) is 0 Å². The lowest BCUT2D eigenvalue weighted by Gasteiger charge is -2.02. The fraction of sp³-hybridized carbons (Fsp3) is 0.286. The molecule has 0 bridgehead atoms. The molecule has 0 spiro atoms. The number of halogens is 1. The quantitative estimate of drug-likeness (QED) is 0.589. The monoisotopic (exact) mass is 202 g/mol. The highest BCUT2D eigenvalue weighted by Crippen LogP contribution is 2.18. The maximum Gasteiger partial charge on any atom is 0.316 e. The van der Waals surface area contributed by atoms with E-state index in [1.54, 1.807) is 0 Å². The predicted molar refractivity (Wildman–Crippen MR) is 44.9 cm³/mol. The number of aromatic nitrogens is 2. The van der Waals surface area contributed by atoms with E-state index in [2.05, 4.69) is 9.97 Å². The Morgan fingerprint density at radius 1 is 1.62 bits per heavy atom. The first-order valence-electron chi connectivity index (χ1n) is 3.46. The average molecular weight is 202 g/mol. The van der Waals surface area contributed by atoms with E-state index in [0.29, 0.717) is 0 Å². The SMILES string of the molecule is CC(Sc1ncc(F)cn1)C(=O)O. The number of aliphatic carboxylic acids is 1. The van der Waals surface area contributed by atoms with Crippen molar-refractivity contribution in [2.24, 2.45) is 0 Å². The second-order valence-corrected chi connectivity index (χ2v) is 3.59. The molecular weight excluding hydrogens is 195 g/mol. The number of carbonyl (C=O) groups is 1. The number of carboxylic acids is 1. The highest BCUT2D eigenvalue weighted by molar-refractivity contribution is 8.00. The zero-order valence-corrected chi connectivity index (χ0v) is 7.58. The highest BCUT2D eigenvalue weighted by atomic mass is 32.2. The van der Waals surface area contributed by atoms with Crippen LogP contribution in [0.5, 0.6) is 0 Å². The molecule has 1 atom stereocenters. The third-order valence-electron chi connectivity index (χ3n) is 1.23. The Labute approximate surface area is 78.2 Å². The minimum atomic E-state index is -0.946. The molecule has 1 N–H and O–H groups in total. The van der Waals surface area contributed by atoms with Crippen LogP contribution in [0.3, 0.4) is 0 Å². The Bertz CT molecular complexity index is 304. The third kappa shape index (κ3) is 2.98. The summed E-state index contributed by atoms with van der Waals surface area (Å²) < 4.78 is 12.3. The van der Waals surface area contributed by atoms with Gasteiger partial charge in [-0.2, -0.15) is 0 Å². The largest absolute Gasteiger partial charge is 0.480 e. The zero-order chi connectivity index (χ0) is 9.84. The molecule has 0 aliphatic rings. The summed E-state index contributed by atoms with van der Waals surface area (Å²) in [5.74, 6) is -1.48. The van der Waals surface area contributed by atoms with E-state index in [9.17, 15) is 9.18 Å². The van der Waals surface area contributed by atoms with Crippen molar-refractivity contribution in [2.45, 2.75) is 17.3 Å². The van der Waals surface area contributed by atoms with Gasteiger partial charge in [-0.1, -0.05) is 11.8 Å². The first-order valence-corrected chi connectivity index (χ1v) is 4.34. The molecule has 1 aromatic rings. The van der Waals surface area contributed by atoms with E-state index >= 15 is 0 Å². The minimum absolute atomic E-state index is 0.260. The third-order valence-corrected chi connectivity index (χ3v) is 2.20. The number of hydrogen-bond acceptors (Lipinski definition) is 4. The molecule has 6 heteroatoms. The van der Waals surface area contributed by atoms with Crippen molar-refractivity contribution < 1.29 is 14.3 Å². The molecular formula is C7H7FN2O2S. The molecule has 13 heavy (non-hydrogen) atoms. The summed E-state index contributed by atoms with van der Waals surface area (Å²) >= 11 is 0.972. The Morgan fingerprint density at radius 2 is 2.15 bits per heavy atom. The van der Waals surface area contributed by atoms with E-state index in [-0.39, 0.29) is 5.16 Å². The van der Waals surface area contributed by atoms with Crippen molar-refractivity contribution in [1.82, 2.24) is 9.97 Å². The van der Waals surface area contributed by atoms with Gasteiger partial charge in [0.05, 0.1) is 12.4 Å². The van der Waals surface area contributed by atoms with Crippen LogP contribution in [0.1, 0.15) is 6.92 Å². The lowest BCUT2D eigenvalue weighted by atomic mass is 10.5. The Balaban J connectivity index is 2.64. The maximum absolute atomic E-state index is 12.3. The number of hydrogen-bond donors (Lipinski definition) is 1. The maximum atomic E-state index is 12.3. The fourth-order valence-electron chi connectivity index (χ4n) is 0.570. The normalized spacial score (nSPS) is 12.5. The molecule has 0 radical (unpaired) electrons. The van der Waals surface area contributed by atoms with E-state index in [1.165, 1.54) is 6.92 Å². The Hall–Kier alpha value is -1.17. The first kappa shape index (κ1) is 9.91. The summed E-state index contributed by atoms with van der Waals surface area (Å²) in [7, 11) is 0. The first-order chi connectivity index (χ1) is 6.09. The van der Waals surface area contributed by atoms with Gasteiger partial charge in [0.25, 0.3) is 0 Å². The number of thioether (sulfide) groups is 1. The molecule has 1 aromatic heterocycles. The van der Waals surface area contributed by atoms with Crippen LogP contribution in [-0.2, 0) is 4.79 Å². The minimum Gasteiger partial charge on any atom is -0.480 e. The van der Waals surface area contributed by atoms with Gasteiger partial charge in [-0.3, -0.25) is 4.79 Å². The molecule has 0 aromatic carbocycles. The summed E-state index contributed by atoms with van der Waals surface area (Å²) in [5, 5.41) is 8.17. The molecule has 0 fully saturated rings. The topological polar surface area (TPSA) is 63.1 Å². The average Bonchev–Trinajstić information content (AvgIpc) is 2.08. The molecule has 1 heterocycles. The number of rotatable bonds is 3.